The van der Waals surface area contributed by atoms with Crippen LogP contribution in [0.4, 0.5) is 43.4 Å². The van der Waals surface area contributed by atoms with Crippen molar-refractivity contribution in [3.8, 4) is 0 Å². The Hall–Kier alpha value is -3.82. The molecule has 3 aromatic rings. The first kappa shape index (κ1) is 17.0. The van der Waals surface area contributed by atoms with Gasteiger partial charge in [-0.25, -0.2) is 8.78 Å². The van der Waals surface area contributed by atoms with Crippen LogP contribution in [0.2, 0.25) is 0 Å². The van der Waals surface area contributed by atoms with Crippen molar-refractivity contribution >= 4 is 34.6 Å². The molecule has 0 aliphatic rings. The molecule has 10 heteroatoms. The van der Waals surface area contributed by atoms with Gasteiger partial charge in [-0.05, 0) is 42.5 Å². The Balaban J connectivity index is 1.98. The minimum absolute atomic E-state index is 0.0664. The van der Waals surface area contributed by atoms with Gasteiger partial charge in [0.15, 0.2) is 0 Å². The molecular formula is C16H12F2N6O2. The van der Waals surface area contributed by atoms with Crippen molar-refractivity contribution in [2.45, 2.75) is 0 Å². The minimum Gasteiger partial charge on any atom is -0.378 e. The van der Waals surface area contributed by atoms with E-state index in [9.17, 15) is 18.9 Å². The fourth-order valence-electron chi connectivity index (χ4n) is 2.16. The van der Waals surface area contributed by atoms with Crippen molar-refractivity contribution < 1.29 is 13.7 Å². The molecule has 0 fully saturated rings. The van der Waals surface area contributed by atoms with Crippen molar-refractivity contribution in [3.05, 3.63) is 70.3 Å². The number of nitrogens with two attached hydrogens (primary N) is 1. The molecule has 0 unspecified atom stereocenters. The molecule has 0 amide bonds. The first-order chi connectivity index (χ1) is 12.4. The molecule has 0 spiro atoms. The molecule has 0 aliphatic heterocycles. The molecule has 2 aromatic carbocycles. The quantitative estimate of drug-likeness (QED) is 0.469. The number of nitrogen functional groups attached to an aromatic ring is 1. The molecule has 0 bridgehead atoms. The van der Waals surface area contributed by atoms with E-state index in [1.54, 1.807) is 6.07 Å². The van der Waals surface area contributed by atoms with E-state index in [2.05, 4.69) is 20.6 Å². The predicted octanol–water partition coefficient (Wildman–Crippen LogP) is 3.73. The van der Waals surface area contributed by atoms with E-state index in [1.807, 2.05) is 0 Å². The molecule has 8 nitrogen and oxygen atoms in total. The Labute approximate surface area is 145 Å². The van der Waals surface area contributed by atoms with E-state index in [0.29, 0.717) is 11.4 Å². The van der Waals surface area contributed by atoms with Gasteiger partial charge in [0.2, 0.25) is 17.6 Å². The standard InChI is InChI=1S/C16H12F2N6O2/c17-9-4-6-11(7-5-9)20-15-13(24(25)26)14(19)22-16(23-15)21-12-3-1-2-10(18)8-12/h1-8H,(H4,19,20,21,22,23). The molecule has 26 heavy (non-hydrogen) atoms. The third-order valence-electron chi connectivity index (χ3n) is 3.28. The van der Waals surface area contributed by atoms with Crippen molar-refractivity contribution in [2.24, 2.45) is 0 Å². The molecule has 132 valence electrons. The van der Waals surface area contributed by atoms with Crippen LogP contribution < -0.4 is 16.4 Å². The van der Waals surface area contributed by atoms with E-state index in [-0.39, 0.29) is 17.6 Å². The second-order valence-corrected chi connectivity index (χ2v) is 5.15. The molecule has 0 saturated carbocycles. The molecule has 0 saturated heterocycles. The average molecular weight is 358 g/mol. The first-order valence-corrected chi connectivity index (χ1v) is 7.29. The van der Waals surface area contributed by atoms with Crippen LogP contribution in [0.25, 0.3) is 0 Å². The third kappa shape index (κ3) is 3.80. The van der Waals surface area contributed by atoms with Gasteiger partial charge in [-0.15, -0.1) is 0 Å². The van der Waals surface area contributed by atoms with Crippen molar-refractivity contribution in [2.75, 3.05) is 16.4 Å². The van der Waals surface area contributed by atoms with Gasteiger partial charge in [0.25, 0.3) is 0 Å². The zero-order valence-corrected chi connectivity index (χ0v) is 13.1. The summed E-state index contributed by atoms with van der Waals surface area (Å²) in [5.41, 5.74) is 5.85. The summed E-state index contributed by atoms with van der Waals surface area (Å²) in [5.74, 6) is -1.57. The van der Waals surface area contributed by atoms with E-state index in [1.165, 1.54) is 42.5 Å². The molecule has 1 aromatic heterocycles. The third-order valence-corrected chi connectivity index (χ3v) is 3.28. The lowest BCUT2D eigenvalue weighted by Gasteiger charge is -2.11. The van der Waals surface area contributed by atoms with Crippen molar-refractivity contribution in [3.63, 3.8) is 0 Å². The summed E-state index contributed by atoms with van der Waals surface area (Å²) in [6, 6.07) is 10.6. The molecule has 3 rings (SSSR count). The highest BCUT2D eigenvalue weighted by Crippen LogP contribution is 2.32. The number of rotatable bonds is 5. The van der Waals surface area contributed by atoms with Gasteiger partial charge in [0, 0.05) is 11.4 Å². The molecular weight excluding hydrogens is 346 g/mol. The van der Waals surface area contributed by atoms with Crippen LogP contribution in [0.5, 0.6) is 0 Å². The second-order valence-electron chi connectivity index (χ2n) is 5.15. The number of hydrogen-bond donors (Lipinski definition) is 3. The van der Waals surface area contributed by atoms with Crippen LogP contribution in [-0.4, -0.2) is 14.9 Å². The Morgan fingerprint density at radius 3 is 2.35 bits per heavy atom. The molecule has 0 radical (unpaired) electrons. The van der Waals surface area contributed by atoms with E-state index in [4.69, 9.17) is 5.73 Å². The second kappa shape index (κ2) is 6.97. The Morgan fingerprint density at radius 2 is 1.69 bits per heavy atom. The van der Waals surface area contributed by atoms with Gasteiger partial charge in [0.05, 0.1) is 4.92 Å². The Morgan fingerprint density at radius 1 is 0.962 bits per heavy atom. The maximum absolute atomic E-state index is 13.3. The molecule has 1 heterocycles. The van der Waals surface area contributed by atoms with Crippen LogP contribution in [-0.2, 0) is 0 Å². The van der Waals surface area contributed by atoms with E-state index < -0.39 is 22.2 Å². The first-order valence-electron chi connectivity index (χ1n) is 7.29. The summed E-state index contributed by atoms with van der Waals surface area (Å²) in [6.45, 7) is 0. The lowest BCUT2D eigenvalue weighted by atomic mass is 10.3. The van der Waals surface area contributed by atoms with Crippen LogP contribution in [0.3, 0.4) is 0 Å². The summed E-state index contributed by atoms with van der Waals surface area (Å²) in [5, 5.41) is 16.7. The molecule has 0 atom stereocenters. The maximum atomic E-state index is 13.3. The van der Waals surface area contributed by atoms with Gasteiger partial charge in [-0.1, -0.05) is 6.07 Å². The monoisotopic (exact) mass is 358 g/mol. The average Bonchev–Trinajstić information content (AvgIpc) is 2.56. The fraction of sp³-hybridized carbons (Fsp3) is 0. The van der Waals surface area contributed by atoms with E-state index in [0.717, 1.165) is 0 Å². The topological polar surface area (TPSA) is 119 Å². The zero-order chi connectivity index (χ0) is 18.7. The van der Waals surface area contributed by atoms with Gasteiger partial charge in [-0.3, -0.25) is 10.1 Å². The molecule has 0 aliphatic carbocycles. The number of nitro groups is 1. The number of halogens is 2. The smallest absolute Gasteiger partial charge is 0.353 e. The number of benzene rings is 2. The number of anilines is 5. The number of nitrogens with one attached hydrogen (secondary N) is 2. The lowest BCUT2D eigenvalue weighted by molar-refractivity contribution is -0.383. The number of nitrogens with zero attached hydrogens (tertiary/aromatic N) is 3. The highest BCUT2D eigenvalue weighted by atomic mass is 19.1. The van der Waals surface area contributed by atoms with Gasteiger partial charge < -0.3 is 16.4 Å². The van der Waals surface area contributed by atoms with Crippen LogP contribution in [0, 0.1) is 21.7 Å². The summed E-state index contributed by atoms with van der Waals surface area (Å²) >= 11 is 0. The SMILES string of the molecule is Nc1nc(Nc2cccc(F)c2)nc(Nc2ccc(F)cc2)c1[N+](=O)[O-]. The Bertz CT molecular complexity index is 965. The predicted molar refractivity (Wildman–Crippen MR) is 92.5 cm³/mol. The van der Waals surface area contributed by atoms with Crippen LogP contribution in [0.15, 0.2) is 48.5 Å². The maximum Gasteiger partial charge on any atom is 0.353 e. The minimum atomic E-state index is -0.729. The normalized spacial score (nSPS) is 10.4. The van der Waals surface area contributed by atoms with Gasteiger partial charge in [0.1, 0.15) is 11.6 Å². The Kier molecular flexibility index (Phi) is 4.56. The van der Waals surface area contributed by atoms with Gasteiger partial charge in [-0.2, -0.15) is 9.97 Å². The van der Waals surface area contributed by atoms with Crippen LogP contribution in [0.1, 0.15) is 0 Å². The number of aromatic nitrogens is 2. The van der Waals surface area contributed by atoms with Crippen molar-refractivity contribution in [1.82, 2.24) is 9.97 Å². The zero-order valence-electron chi connectivity index (χ0n) is 13.1. The van der Waals surface area contributed by atoms with E-state index >= 15 is 0 Å². The summed E-state index contributed by atoms with van der Waals surface area (Å²) in [6.07, 6.45) is 0. The van der Waals surface area contributed by atoms with Crippen LogP contribution >= 0.6 is 0 Å². The molecule has 4 N–H and O–H groups in total. The summed E-state index contributed by atoms with van der Waals surface area (Å²) < 4.78 is 26.3. The highest BCUT2D eigenvalue weighted by molar-refractivity contribution is 5.75. The number of hydrogen-bond acceptors (Lipinski definition) is 7. The van der Waals surface area contributed by atoms with Gasteiger partial charge >= 0.3 is 5.69 Å². The fourth-order valence-corrected chi connectivity index (χ4v) is 2.16. The highest BCUT2D eigenvalue weighted by Gasteiger charge is 2.23. The largest absolute Gasteiger partial charge is 0.378 e. The summed E-state index contributed by atoms with van der Waals surface area (Å²) in [7, 11) is 0. The lowest BCUT2D eigenvalue weighted by Crippen LogP contribution is -2.08. The summed E-state index contributed by atoms with van der Waals surface area (Å²) in [4.78, 5) is 18.4. The van der Waals surface area contributed by atoms with Crippen molar-refractivity contribution in [1.29, 1.82) is 0 Å².